The van der Waals surface area contributed by atoms with E-state index in [2.05, 4.69) is 20.9 Å². The molecule has 1 aromatic rings. The summed E-state index contributed by atoms with van der Waals surface area (Å²) in [7, 11) is 0. The minimum atomic E-state index is -0.465. The van der Waals surface area contributed by atoms with Crippen molar-refractivity contribution in [3.63, 3.8) is 0 Å². The molecule has 1 aliphatic rings. The number of thioether (sulfide) groups is 1. The van der Waals surface area contributed by atoms with Crippen molar-refractivity contribution in [3.05, 3.63) is 11.6 Å². The van der Waals surface area contributed by atoms with Crippen molar-refractivity contribution in [3.8, 4) is 0 Å². The molecule has 21 heavy (non-hydrogen) atoms. The van der Waals surface area contributed by atoms with Gasteiger partial charge in [-0.25, -0.2) is 4.98 Å². The van der Waals surface area contributed by atoms with Gasteiger partial charge in [0.05, 0.1) is 5.75 Å². The smallest absolute Gasteiger partial charge is 0.236 e. The van der Waals surface area contributed by atoms with E-state index in [0.29, 0.717) is 5.13 Å². The number of nitrogens with one attached hydrogen (secondary N) is 3. The number of hydrogen-bond donors (Lipinski definition) is 4. The minimum absolute atomic E-state index is 0.0930. The molecular weight excluding hydrogens is 314 g/mol. The molecule has 5 N–H and O–H groups in total. The summed E-state index contributed by atoms with van der Waals surface area (Å²) in [6, 6.07) is -0.296. The van der Waals surface area contributed by atoms with Crippen LogP contribution in [0.4, 0.5) is 5.13 Å². The molecule has 0 radical (unpaired) electrons. The second kappa shape index (κ2) is 7.38. The summed E-state index contributed by atoms with van der Waals surface area (Å²) < 4.78 is 0. The van der Waals surface area contributed by atoms with E-state index in [1.54, 1.807) is 11.6 Å². The molecule has 0 spiro atoms. The summed E-state index contributed by atoms with van der Waals surface area (Å²) in [5, 5.41) is 10.7. The van der Waals surface area contributed by atoms with Crippen LogP contribution < -0.4 is 21.7 Å². The van der Waals surface area contributed by atoms with E-state index in [1.165, 1.54) is 23.1 Å². The fraction of sp³-hybridized carbons (Fsp3) is 0.455. The molecule has 1 saturated heterocycles. The summed E-state index contributed by atoms with van der Waals surface area (Å²) in [4.78, 5) is 38.1. The van der Waals surface area contributed by atoms with Crippen LogP contribution in [0.5, 0.6) is 0 Å². The molecule has 3 amide bonds. The van der Waals surface area contributed by atoms with E-state index in [0.717, 1.165) is 0 Å². The average molecular weight is 329 g/mol. The Kier molecular flexibility index (Phi) is 5.53. The van der Waals surface area contributed by atoms with Gasteiger partial charge < -0.3 is 16.4 Å². The van der Waals surface area contributed by atoms with Crippen LogP contribution in [0.25, 0.3) is 0 Å². The Morgan fingerprint density at radius 1 is 1.57 bits per heavy atom. The van der Waals surface area contributed by atoms with Crippen molar-refractivity contribution >= 4 is 46.0 Å². The van der Waals surface area contributed by atoms with Crippen molar-refractivity contribution < 1.29 is 14.4 Å². The molecule has 2 heterocycles. The SMILES string of the molecule is NC(=O)CC1CC(=O)NC(SCC(=O)Nc2nccs2)N1. The van der Waals surface area contributed by atoms with Crippen LogP contribution in [0, 0.1) is 0 Å². The van der Waals surface area contributed by atoms with Crippen LogP contribution in [0.1, 0.15) is 12.8 Å². The van der Waals surface area contributed by atoms with Gasteiger partial charge in [0.15, 0.2) is 5.13 Å². The molecule has 0 bridgehead atoms. The van der Waals surface area contributed by atoms with E-state index < -0.39 is 11.4 Å². The first-order valence-electron chi connectivity index (χ1n) is 6.17. The van der Waals surface area contributed by atoms with Gasteiger partial charge in [-0.2, -0.15) is 0 Å². The third-order valence-corrected chi connectivity index (χ3v) is 4.32. The van der Waals surface area contributed by atoms with E-state index in [4.69, 9.17) is 5.73 Å². The van der Waals surface area contributed by atoms with Crippen LogP contribution in [-0.4, -0.2) is 40.0 Å². The van der Waals surface area contributed by atoms with Crippen LogP contribution in [-0.2, 0) is 14.4 Å². The molecule has 114 valence electrons. The number of hydrogen-bond acceptors (Lipinski definition) is 7. The normalized spacial score (nSPS) is 21.6. The molecule has 2 unspecified atom stereocenters. The highest BCUT2D eigenvalue weighted by Crippen LogP contribution is 2.15. The molecule has 1 aliphatic heterocycles. The zero-order chi connectivity index (χ0) is 15.2. The topological polar surface area (TPSA) is 126 Å². The summed E-state index contributed by atoms with van der Waals surface area (Å²) >= 11 is 2.56. The molecule has 2 atom stereocenters. The number of carbonyl (C=O) groups excluding carboxylic acids is 3. The number of primary amides is 1. The molecule has 2 rings (SSSR count). The second-order valence-corrected chi connectivity index (χ2v) is 6.37. The van der Waals surface area contributed by atoms with E-state index >= 15 is 0 Å². The van der Waals surface area contributed by atoms with Gasteiger partial charge in [0.2, 0.25) is 17.7 Å². The van der Waals surface area contributed by atoms with Gasteiger partial charge in [-0.05, 0) is 0 Å². The molecule has 1 fully saturated rings. The molecule has 0 aliphatic carbocycles. The van der Waals surface area contributed by atoms with Crippen molar-refractivity contribution in [1.29, 1.82) is 0 Å². The van der Waals surface area contributed by atoms with E-state index in [-0.39, 0.29) is 36.5 Å². The standard InChI is InChI=1S/C11H15N5O3S2/c12-7(17)3-6-4-8(18)15-11(14-6)21-5-9(19)16-10-13-1-2-20-10/h1-2,6,11,14H,3-5H2,(H2,12,17)(H,15,18)(H,13,16,19). The highest BCUT2D eigenvalue weighted by molar-refractivity contribution is 8.00. The number of aromatic nitrogens is 1. The largest absolute Gasteiger partial charge is 0.370 e. The lowest BCUT2D eigenvalue weighted by Crippen LogP contribution is -2.55. The van der Waals surface area contributed by atoms with Crippen LogP contribution in [0.2, 0.25) is 0 Å². The first kappa shape index (κ1) is 15.7. The predicted molar refractivity (Wildman–Crippen MR) is 80.5 cm³/mol. The van der Waals surface area contributed by atoms with Gasteiger partial charge in [0.25, 0.3) is 0 Å². The predicted octanol–water partition coefficient (Wildman–Crippen LogP) is -0.548. The monoisotopic (exact) mass is 329 g/mol. The number of nitrogens with two attached hydrogens (primary N) is 1. The van der Waals surface area contributed by atoms with Gasteiger partial charge in [0, 0.05) is 30.5 Å². The van der Waals surface area contributed by atoms with Crippen LogP contribution in [0.3, 0.4) is 0 Å². The quantitative estimate of drug-likeness (QED) is 0.555. The van der Waals surface area contributed by atoms with Crippen LogP contribution >= 0.6 is 23.1 Å². The zero-order valence-electron chi connectivity index (χ0n) is 11.0. The van der Waals surface area contributed by atoms with Gasteiger partial charge in [-0.1, -0.05) is 0 Å². The third-order valence-electron chi connectivity index (χ3n) is 2.62. The fourth-order valence-electron chi connectivity index (χ4n) is 1.81. The van der Waals surface area contributed by atoms with Gasteiger partial charge in [0.1, 0.15) is 5.50 Å². The summed E-state index contributed by atoms with van der Waals surface area (Å²) in [6.07, 6.45) is 1.89. The van der Waals surface area contributed by atoms with Crippen molar-refractivity contribution in [1.82, 2.24) is 15.6 Å². The lowest BCUT2D eigenvalue weighted by atomic mass is 10.1. The fourth-order valence-corrected chi connectivity index (χ4v) is 3.25. The maximum atomic E-state index is 11.7. The maximum Gasteiger partial charge on any atom is 0.236 e. The molecular formula is C11H15N5O3S2. The Labute approximate surface area is 129 Å². The second-order valence-electron chi connectivity index (χ2n) is 4.38. The lowest BCUT2D eigenvalue weighted by Gasteiger charge is -2.30. The number of nitrogens with zero attached hydrogens (tertiary/aromatic N) is 1. The molecule has 0 aromatic carbocycles. The van der Waals surface area contributed by atoms with E-state index in [1.807, 2.05) is 0 Å². The third kappa shape index (κ3) is 5.33. The molecule has 8 nitrogen and oxygen atoms in total. The van der Waals surface area contributed by atoms with Crippen LogP contribution in [0.15, 0.2) is 11.6 Å². The average Bonchev–Trinajstić information content (AvgIpc) is 2.87. The lowest BCUT2D eigenvalue weighted by molar-refractivity contribution is -0.124. The van der Waals surface area contributed by atoms with Crippen molar-refractivity contribution in [2.45, 2.75) is 24.4 Å². The Balaban J connectivity index is 1.77. The maximum absolute atomic E-state index is 11.7. The number of thiazole rings is 1. The van der Waals surface area contributed by atoms with Crippen molar-refractivity contribution in [2.75, 3.05) is 11.1 Å². The van der Waals surface area contributed by atoms with Gasteiger partial charge in [-0.15, -0.1) is 23.1 Å². The number of anilines is 1. The van der Waals surface area contributed by atoms with Crippen molar-refractivity contribution in [2.24, 2.45) is 5.73 Å². The molecule has 1 aromatic heterocycles. The first-order chi connectivity index (χ1) is 10.0. The first-order valence-corrected chi connectivity index (χ1v) is 8.10. The minimum Gasteiger partial charge on any atom is -0.370 e. The Morgan fingerprint density at radius 2 is 2.38 bits per heavy atom. The number of rotatable bonds is 6. The van der Waals surface area contributed by atoms with Gasteiger partial charge in [-0.3, -0.25) is 19.7 Å². The molecule has 10 heteroatoms. The molecule has 0 saturated carbocycles. The summed E-state index contributed by atoms with van der Waals surface area (Å²) in [5.74, 6) is -0.686. The highest BCUT2D eigenvalue weighted by Gasteiger charge is 2.27. The van der Waals surface area contributed by atoms with E-state index in [9.17, 15) is 14.4 Å². The summed E-state index contributed by atoms with van der Waals surface area (Å²) in [5.41, 5.74) is 4.71. The highest BCUT2D eigenvalue weighted by atomic mass is 32.2. The number of carbonyl (C=O) groups is 3. The van der Waals surface area contributed by atoms with Gasteiger partial charge >= 0.3 is 0 Å². The zero-order valence-corrected chi connectivity index (χ0v) is 12.6. The number of amides is 3. The Morgan fingerprint density at radius 3 is 3.05 bits per heavy atom. The Hall–Kier alpha value is -1.65. The Bertz CT molecular complexity index is 520. The summed E-state index contributed by atoms with van der Waals surface area (Å²) in [6.45, 7) is 0.